The average molecular weight is 668 g/mol. The summed E-state index contributed by atoms with van der Waals surface area (Å²) >= 11 is 4.10. The molecular weight excluding hydrogens is 615 g/mol. The number of hydrogen-bond acceptors (Lipinski definition) is 3. The molecule has 0 radical (unpaired) electrons. The van der Waals surface area contributed by atoms with E-state index in [1.165, 1.54) is 48.3 Å². The van der Waals surface area contributed by atoms with Crippen molar-refractivity contribution in [2.45, 2.75) is 131 Å². The SMILES string of the molecule is CCC[CH2][Sn]([CH2]CCC)([CH2]CCC)[c]1cc2sc(-c3ccc([Si](C(C)C)(C(C)C)C(C)C)s3)cc2s1. The molecular formula is C31H52S3SiSn. The molecule has 0 aliphatic carbocycles. The zero-order valence-electron chi connectivity index (χ0n) is 24.6. The van der Waals surface area contributed by atoms with Crippen LogP contribution in [0.25, 0.3) is 19.2 Å². The molecule has 0 unspecified atom stereocenters. The number of unbranched alkanes of at least 4 members (excludes halogenated alkanes) is 3. The second kappa shape index (κ2) is 13.6. The van der Waals surface area contributed by atoms with Gasteiger partial charge in [-0.25, -0.2) is 0 Å². The standard InChI is InChI=1S/C19H25S3Si.3C4H9.Sn/c1-12(2)23(13(3)4,14(5)6)19-8-7-15(22-19)18-11-17-16(21-18)9-10-20-17;3*1-3-4-2;/h7-9,11-14H,1-6H3;3*1,3-4H2,2H3;. The Kier molecular flexibility index (Phi) is 11.7. The molecule has 3 heterocycles. The molecule has 0 atom stereocenters. The van der Waals surface area contributed by atoms with Crippen LogP contribution in [0.3, 0.4) is 0 Å². The van der Waals surface area contributed by atoms with Gasteiger partial charge in [0.15, 0.2) is 0 Å². The third kappa shape index (κ3) is 6.23. The van der Waals surface area contributed by atoms with Gasteiger partial charge >= 0.3 is 242 Å². The van der Waals surface area contributed by atoms with E-state index in [4.69, 9.17) is 0 Å². The number of rotatable bonds is 15. The Balaban J connectivity index is 1.98. The molecule has 0 saturated carbocycles. The Hall–Kier alpha value is 0.376. The first-order valence-corrected chi connectivity index (χ1v) is 27.0. The third-order valence-electron chi connectivity index (χ3n) is 8.90. The van der Waals surface area contributed by atoms with E-state index in [2.05, 4.69) is 121 Å². The van der Waals surface area contributed by atoms with Gasteiger partial charge in [0.05, 0.1) is 0 Å². The zero-order chi connectivity index (χ0) is 26.5. The van der Waals surface area contributed by atoms with E-state index in [9.17, 15) is 0 Å². The van der Waals surface area contributed by atoms with Crippen LogP contribution >= 0.6 is 34.0 Å². The molecule has 0 aromatic carbocycles. The van der Waals surface area contributed by atoms with Crippen LogP contribution in [0.2, 0.25) is 29.9 Å². The Morgan fingerprint density at radius 1 is 0.639 bits per heavy atom. The quantitative estimate of drug-likeness (QED) is 0.142. The predicted molar refractivity (Wildman–Crippen MR) is 178 cm³/mol. The predicted octanol–water partition coefficient (Wildman–Crippen LogP) is 11.6. The van der Waals surface area contributed by atoms with Gasteiger partial charge in [-0.3, -0.25) is 0 Å². The van der Waals surface area contributed by atoms with Crippen LogP contribution in [0.4, 0.5) is 0 Å². The van der Waals surface area contributed by atoms with E-state index in [0.29, 0.717) is 0 Å². The second-order valence-electron chi connectivity index (χ2n) is 12.1. The normalized spacial score (nSPS) is 13.2. The van der Waals surface area contributed by atoms with Crippen molar-refractivity contribution >= 4 is 77.3 Å². The van der Waals surface area contributed by atoms with Crippen molar-refractivity contribution in [2.75, 3.05) is 0 Å². The van der Waals surface area contributed by atoms with E-state index < -0.39 is 26.5 Å². The fourth-order valence-electron chi connectivity index (χ4n) is 7.07. The minimum absolute atomic E-state index is 0.772. The van der Waals surface area contributed by atoms with Crippen LogP contribution in [-0.4, -0.2) is 26.5 Å². The van der Waals surface area contributed by atoms with Crippen LogP contribution in [0, 0.1) is 0 Å². The molecule has 3 aromatic rings. The van der Waals surface area contributed by atoms with Gasteiger partial charge < -0.3 is 0 Å². The molecule has 3 rings (SSSR count). The molecule has 0 fully saturated rings. The van der Waals surface area contributed by atoms with Crippen molar-refractivity contribution in [3.8, 4) is 9.75 Å². The van der Waals surface area contributed by atoms with Gasteiger partial charge in [0.2, 0.25) is 0 Å². The summed E-state index contributed by atoms with van der Waals surface area (Å²) in [5.41, 5.74) is 2.31. The second-order valence-corrected chi connectivity index (χ2v) is 35.7. The van der Waals surface area contributed by atoms with E-state index in [-0.39, 0.29) is 0 Å². The molecule has 3 aromatic heterocycles. The van der Waals surface area contributed by atoms with Crippen molar-refractivity contribution in [1.82, 2.24) is 0 Å². The van der Waals surface area contributed by atoms with Crippen molar-refractivity contribution in [3.63, 3.8) is 0 Å². The van der Waals surface area contributed by atoms with Crippen molar-refractivity contribution < 1.29 is 0 Å². The maximum absolute atomic E-state index is 2.70. The van der Waals surface area contributed by atoms with Gasteiger partial charge in [0.25, 0.3) is 0 Å². The summed E-state index contributed by atoms with van der Waals surface area (Å²) in [7, 11) is -1.58. The van der Waals surface area contributed by atoms with E-state index >= 15 is 0 Å². The fraction of sp³-hybridized carbons (Fsp3) is 0.677. The topological polar surface area (TPSA) is 0 Å². The summed E-state index contributed by atoms with van der Waals surface area (Å²) in [6.07, 6.45) is 8.42. The summed E-state index contributed by atoms with van der Waals surface area (Å²) in [5.74, 6) is 0. The van der Waals surface area contributed by atoms with E-state index in [0.717, 1.165) is 16.6 Å². The summed E-state index contributed by atoms with van der Waals surface area (Å²) in [5, 5.41) is 0. The van der Waals surface area contributed by atoms with Crippen LogP contribution < -0.4 is 7.39 Å². The van der Waals surface area contributed by atoms with Gasteiger partial charge in [-0.2, -0.15) is 0 Å². The molecule has 36 heavy (non-hydrogen) atoms. The molecule has 0 spiro atoms. The van der Waals surface area contributed by atoms with Crippen LogP contribution in [-0.2, 0) is 0 Å². The van der Waals surface area contributed by atoms with Gasteiger partial charge in [0.1, 0.15) is 0 Å². The van der Waals surface area contributed by atoms with Crippen LogP contribution in [0.1, 0.15) is 101 Å². The first-order valence-electron chi connectivity index (χ1n) is 14.8. The van der Waals surface area contributed by atoms with Crippen molar-refractivity contribution in [3.05, 3.63) is 24.3 Å². The first-order chi connectivity index (χ1) is 17.2. The van der Waals surface area contributed by atoms with Gasteiger partial charge in [-0.15, -0.1) is 0 Å². The number of hydrogen-bond donors (Lipinski definition) is 0. The monoisotopic (exact) mass is 668 g/mol. The molecule has 0 nitrogen and oxygen atoms in total. The van der Waals surface area contributed by atoms with Crippen LogP contribution in [0.15, 0.2) is 24.3 Å². The van der Waals surface area contributed by atoms with Gasteiger partial charge in [0, 0.05) is 0 Å². The number of fused-ring (bicyclic) bond motifs is 1. The van der Waals surface area contributed by atoms with E-state index in [1.54, 1.807) is 27.2 Å². The number of thiophene rings is 3. The van der Waals surface area contributed by atoms with Crippen LogP contribution in [0.5, 0.6) is 0 Å². The van der Waals surface area contributed by atoms with Crippen molar-refractivity contribution in [2.24, 2.45) is 0 Å². The fourth-order valence-corrected chi connectivity index (χ4v) is 39.0. The average Bonchev–Trinajstić information content (AvgIpc) is 3.54. The Labute approximate surface area is 240 Å². The molecule has 0 amide bonds. The zero-order valence-corrected chi connectivity index (χ0v) is 30.9. The summed E-state index contributed by atoms with van der Waals surface area (Å²) in [6.45, 7) is 22.1. The summed E-state index contributed by atoms with van der Waals surface area (Å²) in [4.78, 5) is 3.02. The molecule has 0 aliphatic rings. The molecule has 0 aliphatic heterocycles. The molecule has 202 valence electrons. The molecule has 0 N–H and O–H groups in total. The maximum atomic E-state index is 2.70. The Morgan fingerprint density at radius 3 is 1.58 bits per heavy atom. The first kappa shape index (κ1) is 30.9. The Bertz CT molecular complexity index is 996. The minimum atomic E-state index is -2.33. The van der Waals surface area contributed by atoms with E-state index in [1.807, 2.05) is 2.89 Å². The van der Waals surface area contributed by atoms with Crippen molar-refractivity contribution in [1.29, 1.82) is 0 Å². The van der Waals surface area contributed by atoms with Gasteiger partial charge in [-0.1, -0.05) is 0 Å². The summed E-state index contributed by atoms with van der Waals surface area (Å²) in [6, 6.07) is 10.2. The molecule has 0 saturated heterocycles. The van der Waals surface area contributed by atoms with Gasteiger partial charge in [-0.05, 0) is 0 Å². The summed E-state index contributed by atoms with van der Waals surface area (Å²) < 4.78 is 11.5. The molecule has 0 bridgehead atoms. The molecule has 5 heteroatoms. The Morgan fingerprint density at radius 2 is 1.14 bits per heavy atom. The third-order valence-corrected chi connectivity index (χ3v) is 38.6.